The van der Waals surface area contributed by atoms with Gasteiger partial charge in [0.2, 0.25) is 5.88 Å². The van der Waals surface area contributed by atoms with E-state index in [2.05, 4.69) is 34.3 Å². The Morgan fingerprint density at radius 1 is 1.13 bits per heavy atom. The van der Waals surface area contributed by atoms with Gasteiger partial charge in [-0.25, -0.2) is 0 Å². The first kappa shape index (κ1) is 20.1. The number of nitrogens with zero attached hydrogens (tertiary/aromatic N) is 2. The van der Waals surface area contributed by atoms with E-state index in [1.165, 1.54) is 37.7 Å². The lowest BCUT2D eigenvalue weighted by Gasteiger charge is -2.22. The Balaban J connectivity index is 1.37. The van der Waals surface area contributed by atoms with Crippen LogP contribution < -0.4 is 4.74 Å². The van der Waals surface area contributed by atoms with Crippen LogP contribution in [0.4, 0.5) is 5.69 Å². The summed E-state index contributed by atoms with van der Waals surface area (Å²) in [4.78, 5) is 15.0. The number of nitrogens with one attached hydrogen (secondary N) is 1. The molecule has 1 heterocycles. The Hall–Kier alpha value is -3.15. The Kier molecular flexibility index (Phi) is 6.12. The topological polar surface area (TPSA) is 87.0 Å². The van der Waals surface area contributed by atoms with Crippen molar-refractivity contribution in [2.24, 2.45) is 10.2 Å². The van der Waals surface area contributed by atoms with Crippen LogP contribution in [0.3, 0.4) is 0 Å². The van der Waals surface area contributed by atoms with E-state index < -0.39 is 5.91 Å². The van der Waals surface area contributed by atoms with Gasteiger partial charge in [0.25, 0.3) is 0 Å². The Bertz CT molecular complexity index is 1050. The second kappa shape index (κ2) is 9.11. The molecule has 3 aromatic rings. The van der Waals surface area contributed by atoms with Crippen molar-refractivity contribution in [1.82, 2.24) is 4.98 Å². The van der Waals surface area contributed by atoms with Crippen LogP contribution in [0.5, 0.6) is 11.6 Å². The first-order valence-electron chi connectivity index (χ1n) is 10.6. The molecule has 1 fully saturated rings. The smallest absolute Gasteiger partial charge is 0.302 e. The van der Waals surface area contributed by atoms with Gasteiger partial charge in [0.15, 0.2) is 12.3 Å². The maximum atomic E-state index is 12.1. The number of carbonyl (C=O) groups is 1. The number of hydrogen-bond donors (Lipinski definition) is 2. The number of azo groups is 1. The molecule has 6 heteroatoms. The number of aromatic hydroxyl groups is 1. The zero-order valence-corrected chi connectivity index (χ0v) is 17.2. The SMILES string of the molecule is CCc1ccc2[nH]c(O)c(N=NC(=O)COc3ccc(C4CCCCC4)cc3)c2c1. The maximum absolute atomic E-state index is 12.1. The van der Waals surface area contributed by atoms with Gasteiger partial charge >= 0.3 is 5.91 Å². The van der Waals surface area contributed by atoms with Gasteiger partial charge in [-0.05, 0) is 60.6 Å². The minimum atomic E-state index is -0.508. The fraction of sp³-hybridized carbons (Fsp3) is 0.375. The number of benzene rings is 2. The molecule has 0 saturated heterocycles. The molecule has 1 aromatic heterocycles. The van der Waals surface area contributed by atoms with Crippen LogP contribution in [0, 0.1) is 0 Å². The molecule has 1 aliphatic rings. The lowest BCUT2D eigenvalue weighted by atomic mass is 9.84. The molecule has 1 amide bonds. The fourth-order valence-electron chi connectivity index (χ4n) is 4.08. The van der Waals surface area contributed by atoms with E-state index in [4.69, 9.17) is 4.74 Å². The molecule has 156 valence electrons. The van der Waals surface area contributed by atoms with Gasteiger partial charge in [-0.15, -0.1) is 10.2 Å². The molecule has 2 N–H and O–H groups in total. The number of aromatic nitrogens is 1. The summed E-state index contributed by atoms with van der Waals surface area (Å²) in [5, 5.41) is 18.5. The minimum absolute atomic E-state index is 0.103. The Labute approximate surface area is 176 Å². The average Bonchev–Trinajstić information content (AvgIpc) is 3.11. The van der Waals surface area contributed by atoms with Crippen molar-refractivity contribution in [1.29, 1.82) is 0 Å². The van der Waals surface area contributed by atoms with Crippen molar-refractivity contribution in [3.05, 3.63) is 53.6 Å². The largest absolute Gasteiger partial charge is 0.493 e. The van der Waals surface area contributed by atoms with Crippen LogP contribution in [0.15, 0.2) is 52.7 Å². The Morgan fingerprint density at radius 2 is 1.90 bits per heavy atom. The maximum Gasteiger partial charge on any atom is 0.302 e. The lowest BCUT2D eigenvalue weighted by molar-refractivity contribution is -0.120. The molecule has 1 aliphatic carbocycles. The van der Waals surface area contributed by atoms with E-state index in [0.717, 1.165) is 22.9 Å². The summed E-state index contributed by atoms with van der Waals surface area (Å²) in [5.41, 5.74) is 3.48. The molecule has 0 atom stereocenters. The molecule has 30 heavy (non-hydrogen) atoms. The van der Waals surface area contributed by atoms with E-state index in [-0.39, 0.29) is 18.2 Å². The molecule has 0 aliphatic heterocycles. The quantitative estimate of drug-likeness (QED) is 0.481. The highest BCUT2D eigenvalue weighted by Gasteiger charge is 2.15. The van der Waals surface area contributed by atoms with Crippen LogP contribution in [0.25, 0.3) is 10.9 Å². The van der Waals surface area contributed by atoms with Gasteiger partial charge in [-0.2, -0.15) is 0 Å². The standard InChI is InChI=1S/C24H27N3O3/c1-2-16-8-13-21-20(14-16)23(24(29)25-21)27-26-22(28)15-30-19-11-9-18(10-12-19)17-6-4-3-5-7-17/h8-14,17,25,29H,2-7,15H2,1H3. The van der Waals surface area contributed by atoms with E-state index >= 15 is 0 Å². The van der Waals surface area contributed by atoms with Gasteiger partial charge in [-0.3, -0.25) is 4.79 Å². The third-order valence-corrected chi connectivity index (χ3v) is 5.81. The van der Waals surface area contributed by atoms with E-state index in [1.807, 2.05) is 30.3 Å². The molecular weight excluding hydrogens is 378 g/mol. The summed E-state index contributed by atoms with van der Waals surface area (Å²) >= 11 is 0. The highest BCUT2D eigenvalue weighted by Crippen LogP contribution is 2.36. The van der Waals surface area contributed by atoms with Crippen molar-refractivity contribution in [2.45, 2.75) is 51.4 Å². The second-order valence-corrected chi connectivity index (χ2v) is 7.84. The van der Waals surface area contributed by atoms with Crippen molar-refractivity contribution in [2.75, 3.05) is 6.61 Å². The zero-order valence-electron chi connectivity index (χ0n) is 17.2. The normalized spacial score (nSPS) is 15.1. The fourth-order valence-corrected chi connectivity index (χ4v) is 4.08. The first-order chi connectivity index (χ1) is 14.6. The van der Waals surface area contributed by atoms with Crippen molar-refractivity contribution < 1.29 is 14.6 Å². The first-order valence-corrected chi connectivity index (χ1v) is 10.6. The summed E-state index contributed by atoms with van der Waals surface area (Å²) in [6.07, 6.45) is 7.30. The highest BCUT2D eigenvalue weighted by molar-refractivity contribution is 5.95. The number of amides is 1. The Morgan fingerprint density at radius 3 is 2.63 bits per heavy atom. The summed E-state index contributed by atoms with van der Waals surface area (Å²) in [6.45, 7) is 1.85. The average molecular weight is 405 g/mol. The molecule has 0 bridgehead atoms. The number of carbonyl (C=O) groups excluding carboxylic acids is 1. The van der Waals surface area contributed by atoms with Crippen molar-refractivity contribution in [3.8, 4) is 11.6 Å². The molecular formula is C24H27N3O3. The van der Waals surface area contributed by atoms with E-state index in [9.17, 15) is 9.90 Å². The zero-order chi connectivity index (χ0) is 20.9. The molecule has 0 unspecified atom stereocenters. The van der Waals surface area contributed by atoms with Gasteiger partial charge in [-0.1, -0.05) is 44.4 Å². The van der Waals surface area contributed by atoms with Crippen LogP contribution in [-0.4, -0.2) is 22.6 Å². The van der Waals surface area contributed by atoms with Crippen LogP contribution in [-0.2, 0) is 11.2 Å². The summed E-state index contributed by atoms with van der Waals surface area (Å²) < 4.78 is 5.56. The number of aryl methyl sites for hydroxylation is 1. The van der Waals surface area contributed by atoms with Crippen LogP contribution >= 0.6 is 0 Å². The molecule has 0 spiro atoms. The van der Waals surface area contributed by atoms with Crippen LogP contribution in [0.2, 0.25) is 0 Å². The minimum Gasteiger partial charge on any atom is -0.493 e. The summed E-state index contributed by atoms with van der Waals surface area (Å²) in [5.74, 6) is 0.668. The highest BCUT2D eigenvalue weighted by atomic mass is 16.5. The summed E-state index contributed by atoms with van der Waals surface area (Å²) in [7, 11) is 0. The molecule has 6 nitrogen and oxygen atoms in total. The number of rotatable bonds is 6. The van der Waals surface area contributed by atoms with Gasteiger partial charge < -0.3 is 14.8 Å². The monoisotopic (exact) mass is 405 g/mol. The number of aromatic amines is 1. The predicted molar refractivity (Wildman–Crippen MR) is 117 cm³/mol. The second-order valence-electron chi connectivity index (χ2n) is 7.84. The number of fused-ring (bicyclic) bond motifs is 1. The molecule has 1 saturated carbocycles. The molecule has 2 aromatic carbocycles. The lowest BCUT2D eigenvalue weighted by Crippen LogP contribution is -2.08. The van der Waals surface area contributed by atoms with Crippen LogP contribution in [0.1, 0.15) is 56.1 Å². The number of H-pyrrole nitrogens is 1. The number of ether oxygens (including phenoxy) is 1. The van der Waals surface area contributed by atoms with Gasteiger partial charge in [0.1, 0.15) is 5.75 Å². The summed E-state index contributed by atoms with van der Waals surface area (Å²) in [6, 6.07) is 13.8. The number of hydrogen-bond acceptors (Lipinski definition) is 4. The third-order valence-electron chi connectivity index (χ3n) is 5.81. The van der Waals surface area contributed by atoms with Gasteiger partial charge in [0.05, 0.1) is 5.52 Å². The van der Waals surface area contributed by atoms with E-state index in [1.54, 1.807) is 0 Å². The molecule has 4 rings (SSSR count). The third kappa shape index (κ3) is 4.53. The van der Waals surface area contributed by atoms with E-state index in [0.29, 0.717) is 11.7 Å². The van der Waals surface area contributed by atoms with Crippen molar-refractivity contribution >= 4 is 22.5 Å². The molecule has 0 radical (unpaired) electrons. The predicted octanol–water partition coefficient (Wildman–Crippen LogP) is 6.17. The van der Waals surface area contributed by atoms with Crippen molar-refractivity contribution in [3.63, 3.8) is 0 Å². The van der Waals surface area contributed by atoms with Gasteiger partial charge in [0, 0.05) is 5.39 Å².